The zero-order chi connectivity index (χ0) is 12.3. The smallest absolute Gasteiger partial charge is 0.255 e. The van der Waals surface area contributed by atoms with E-state index in [2.05, 4.69) is 15.9 Å². The van der Waals surface area contributed by atoms with Gasteiger partial charge in [-0.15, -0.1) is 11.3 Å². The predicted molar refractivity (Wildman–Crippen MR) is 72.4 cm³/mol. The molecule has 1 aromatic rings. The average molecular weight is 318 g/mol. The third-order valence-corrected chi connectivity index (χ3v) is 4.69. The Morgan fingerprint density at radius 3 is 2.76 bits per heavy atom. The van der Waals surface area contributed by atoms with E-state index in [0.29, 0.717) is 12.6 Å². The summed E-state index contributed by atoms with van der Waals surface area (Å²) in [4.78, 5) is 14.2. The summed E-state index contributed by atoms with van der Waals surface area (Å²) < 4.78 is 0.969. The van der Waals surface area contributed by atoms with Crippen LogP contribution in [0, 0.1) is 0 Å². The molecule has 0 unspecified atom stereocenters. The minimum Gasteiger partial charge on any atom is -0.395 e. The van der Waals surface area contributed by atoms with E-state index in [0.717, 1.165) is 22.2 Å². The zero-order valence-corrected chi connectivity index (χ0v) is 12.0. The molecule has 0 atom stereocenters. The molecule has 1 heterocycles. The SMILES string of the molecule is O=C(c1csc(Br)c1)N(CCO)C1CCCC1. The number of thiophene rings is 1. The van der Waals surface area contributed by atoms with Gasteiger partial charge in [-0.05, 0) is 34.8 Å². The van der Waals surface area contributed by atoms with Crippen molar-refractivity contribution in [2.45, 2.75) is 31.7 Å². The maximum Gasteiger partial charge on any atom is 0.255 e. The van der Waals surface area contributed by atoms with Crippen molar-refractivity contribution in [2.75, 3.05) is 13.2 Å². The summed E-state index contributed by atoms with van der Waals surface area (Å²) >= 11 is 4.89. The van der Waals surface area contributed by atoms with Gasteiger partial charge in [0.1, 0.15) is 0 Å². The van der Waals surface area contributed by atoms with Gasteiger partial charge in [0.2, 0.25) is 0 Å². The standard InChI is InChI=1S/C12H16BrNO2S/c13-11-7-9(8-17-11)12(16)14(5-6-15)10-3-1-2-4-10/h7-8,10,15H,1-6H2. The Kier molecular flexibility index (Phi) is 4.59. The molecule has 0 spiro atoms. The van der Waals surface area contributed by atoms with Crippen LogP contribution in [0.15, 0.2) is 15.2 Å². The fourth-order valence-electron chi connectivity index (χ4n) is 2.36. The maximum absolute atomic E-state index is 12.3. The molecule has 0 aromatic carbocycles. The van der Waals surface area contributed by atoms with Gasteiger partial charge in [-0.2, -0.15) is 0 Å². The summed E-state index contributed by atoms with van der Waals surface area (Å²) in [6.45, 7) is 0.477. The Balaban J connectivity index is 2.12. The van der Waals surface area contributed by atoms with E-state index in [9.17, 15) is 4.79 Å². The number of aliphatic hydroxyl groups excluding tert-OH is 1. The van der Waals surface area contributed by atoms with Crippen molar-refractivity contribution >= 4 is 33.2 Å². The lowest BCUT2D eigenvalue weighted by atomic mass is 10.2. The van der Waals surface area contributed by atoms with E-state index >= 15 is 0 Å². The first-order valence-electron chi connectivity index (χ1n) is 5.88. The molecule has 0 aliphatic heterocycles. The largest absolute Gasteiger partial charge is 0.395 e. The van der Waals surface area contributed by atoms with Gasteiger partial charge in [-0.3, -0.25) is 4.79 Å². The van der Waals surface area contributed by atoms with E-state index < -0.39 is 0 Å². The van der Waals surface area contributed by atoms with Crippen molar-refractivity contribution in [1.82, 2.24) is 4.90 Å². The van der Waals surface area contributed by atoms with Crippen molar-refractivity contribution in [1.29, 1.82) is 0 Å². The van der Waals surface area contributed by atoms with Crippen molar-refractivity contribution < 1.29 is 9.90 Å². The Labute approximate surface area is 114 Å². The number of halogens is 1. The highest BCUT2D eigenvalue weighted by atomic mass is 79.9. The molecule has 1 saturated carbocycles. The van der Waals surface area contributed by atoms with Crippen LogP contribution >= 0.6 is 27.3 Å². The number of amides is 1. The molecule has 2 rings (SSSR count). The van der Waals surface area contributed by atoms with Crippen LogP contribution in [0.25, 0.3) is 0 Å². The van der Waals surface area contributed by atoms with Crippen molar-refractivity contribution in [2.24, 2.45) is 0 Å². The third-order valence-electron chi connectivity index (χ3n) is 3.18. The molecule has 1 aliphatic rings. The van der Waals surface area contributed by atoms with E-state index in [-0.39, 0.29) is 12.5 Å². The fraction of sp³-hybridized carbons (Fsp3) is 0.583. The number of aliphatic hydroxyl groups is 1. The average Bonchev–Trinajstić information content (AvgIpc) is 2.95. The monoisotopic (exact) mass is 317 g/mol. The van der Waals surface area contributed by atoms with E-state index in [4.69, 9.17) is 5.11 Å². The van der Waals surface area contributed by atoms with Gasteiger partial charge < -0.3 is 10.0 Å². The third kappa shape index (κ3) is 3.09. The van der Waals surface area contributed by atoms with Crippen LogP contribution in [0.5, 0.6) is 0 Å². The van der Waals surface area contributed by atoms with Crippen LogP contribution in [0.4, 0.5) is 0 Å². The minimum atomic E-state index is 0.0353. The van der Waals surface area contributed by atoms with Gasteiger partial charge in [0.25, 0.3) is 5.91 Å². The number of carbonyl (C=O) groups excluding carboxylic acids is 1. The van der Waals surface area contributed by atoms with Crippen LogP contribution in [0.1, 0.15) is 36.0 Å². The van der Waals surface area contributed by atoms with Gasteiger partial charge in [-0.25, -0.2) is 0 Å². The van der Waals surface area contributed by atoms with Crippen LogP contribution in [0.3, 0.4) is 0 Å². The highest BCUT2D eigenvalue weighted by Gasteiger charge is 2.27. The van der Waals surface area contributed by atoms with E-state index in [1.165, 1.54) is 24.2 Å². The number of hydrogen-bond acceptors (Lipinski definition) is 3. The first kappa shape index (κ1) is 13.1. The molecule has 0 saturated heterocycles. The normalized spacial score (nSPS) is 16.4. The summed E-state index contributed by atoms with van der Waals surface area (Å²) in [5, 5.41) is 11.0. The molecule has 0 radical (unpaired) electrons. The van der Waals surface area contributed by atoms with Gasteiger partial charge in [0.15, 0.2) is 0 Å². The first-order valence-corrected chi connectivity index (χ1v) is 7.55. The van der Waals surface area contributed by atoms with Crippen LogP contribution < -0.4 is 0 Å². The quantitative estimate of drug-likeness (QED) is 0.927. The molecule has 1 fully saturated rings. The second-order valence-electron chi connectivity index (χ2n) is 4.30. The Morgan fingerprint density at radius 1 is 1.53 bits per heavy atom. The summed E-state index contributed by atoms with van der Waals surface area (Å²) in [7, 11) is 0. The number of hydrogen-bond donors (Lipinski definition) is 1. The highest BCUT2D eigenvalue weighted by Crippen LogP contribution is 2.27. The Bertz CT molecular complexity index is 388. The number of carbonyl (C=O) groups is 1. The van der Waals surface area contributed by atoms with Gasteiger partial charge in [0, 0.05) is 18.0 Å². The topological polar surface area (TPSA) is 40.5 Å². The van der Waals surface area contributed by atoms with Crippen LogP contribution in [-0.4, -0.2) is 35.1 Å². The van der Waals surface area contributed by atoms with Gasteiger partial charge in [0.05, 0.1) is 16.0 Å². The van der Waals surface area contributed by atoms with Crippen molar-refractivity contribution in [3.8, 4) is 0 Å². The van der Waals surface area contributed by atoms with Crippen molar-refractivity contribution in [3.63, 3.8) is 0 Å². The lowest BCUT2D eigenvalue weighted by molar-refractivity contribution is 0.0638. The molecule has 1 amide bonds. The lowest BCUT2D eigenvalue weighted by Crippen LogP contribution is -2.40. The molecule has 1 N–H and O–H groups in total. The summed E-state index contributed by atoms with van der Waals surface area (Å²) in [6, 6.07) is 2.17. The maximum atomic E-state index is 12.3. The summed E-state index contributed by atoms with van der Waals surface area (Å²) in [6.07, 6.45) is 4.51. The minimum absolute atomic E-state index is 0.0353. The molecular formula is C12H16BrNO2S. The number of nitrogens with zero attached hydrogens (tertiary/aromatic N) is 1. The Morgan fingerprint density at radius 2 is 2.24 bits per heavy atom. The molecule has 3 nitrogen and oxygen atoms in total. The van der Waals surface area contributed by atoms with E-state index in [1.54, 1.807) is 0 Å². The second kappa shape index (κ2) is 5.98. The summed E-state index contributed by atoms with van der Waals surface area (Å²) in [5.41, 5.74) is 0.724. The molecule has 5 heteroatoms. The van der Waals surface area contributed by atoms with Gasteiger partial charge >= 0.3 is 0 Å². The van der Waals surface area contributed by atoms with Crippen LogP contribution in [-0.2, 0) is 0 Å². The zero-order valence-electron chi connectivity index (χ0n) is 9.56. The molecule has 17 heavy (non-hydrogen) atoms. The fourth-order valence-corrected chi connectivity index (χ4v) is 3.49. The summed E-state index contributed by atoms with van der Waals surface area (Å²) in [5.74, 6) is 0.0490. The molecule has 0 bridgehead atoms. The lowest BCUT2D eigenvalue weighted by Gasteiger charge is -2.28. The number of rotatable bonds is 4. The molecule has 94 valence electrons. The van der Waals surface area contributed by atoms with E-state index in [1.807, 2.05) is 16.3 Å². The van der Waals surface area contributed by atoms with Crippen molar-refractivity contribution in [3.05, 3.63) is 20.8 Å². The highest BCUT2D eigenvalue weighted by molar-refractivity contribution is 9.11. The Hall–Kier alpha value is -0.390. The first-order chi connectivity index (χ1) is 8.22. The predicted octanol–water partition coefficient (Wildman–Crippen LogP) is 2.89. The molecule has 1 aromatic heterocycles. The molecular weight excluding hydrogens is 302 g/mol. The molecule has 1 aliphatic carbocycles. The van der Waals surface area contributed by atoms with Gasteiger partial charge in [-0.1, -0.05) is 12.8 Å². The van der Waals surface area contributed by atoms with Crippen LogP contribution in [0.2, 0.25) is 0 Å². The second-order valence-corrected chi connectivity index (χ2v) is 6.59.